The van der Waals surface area contributed by atoms with Crippen LogP contribution in [0.5, 0.6) is 0 Å². The van der Waals surface area contributed by atoms with Crippen molar-refractivity contribution in [3.8, 4) is 0 Å². The van der Waals surface area contributed by atoms with E-state index in [2.05, 4.69) is 48.3 Å². The van der Waals surface area contributed by atoms with E-state index < -0.39 is 115 Å². The SMILES string of the molecule is [2H]CCC(N[2H])C(C)NCC(NC(=O)C(CN[2H])N[2H])C(=O)NC(CNC(=O)C(CNC(=O)C(CN[2H])N[2H])NC(=O)C(CN[2H])N[2H])C(=O)N[C@H](CNC[B])C(N)=O. The van der Waals surface area contributed by atoms with Crippen LogP contribution in [-0.4, -0.2) is 156 Å². The van der Waals surface area contributed by atoms with Gasteiger partial charge in [0.15, 0.2) is 0 Å². The van der Waals surface area contributed by atoms with Crippen molar-refractivity contribution < 1.29 is 44.8 Å². The summed E-state index contributed by atoms with van der Waals surface area (Å²) in [7, 11) is 5.44. The number of nitrogens with two attached hydrogens (primary N) is 8. The fourth-order valence-corrected chi connectivity index (χ4v) is 3.79. The Bertz CT molecular complexity index is 1320. The van der Waals surface area contributed by atoms with Crippen molar-refractivity contribution in [3.63, 3.8) is 0 Å². The quantitative estimate of drug-likeness (QED) is 0.0278. The smallest absolute Gasteiger partial charge is 0.245 e. The molecule has 0 aromatic carbocycles. The second-order valence-electron chi connectivity index (χ2n) is 11.2. The Labute approximate surface area is 309 Å². The van der Waals surface area contributed by atoms with Crippen LogP contribution < -0.4 is 88.4 Å². The number of primary amides is 1. The Morgan fingerprint density at radius 3 is 1.57 bits per heavy atom. The molecule has 24 heteroatoms. The summed E-state index contributed by atoms with van der Waals surface area (Å²) in [6.07, 6.45) is 0.112. The number of carbonyl (C=O) groups excluding carboxylic acids is 7. The Morgan fingerprint density at radius 2 is 1.10 bits per heavy atom. The van der Waals surface area contributed by atoms with E-state index >= 15 is 0 Å². The van der Waals surface area contributed by atoms with Crippen LogP contribution in [0.4, 0.5) is 0 Å². The van der Waals surface area contributed by atoms with Gasteiger partial charge in [-0.25, -0.2) is 0 Å². The minimum atomic E-state index is -1.77. The van der Waals surface area contributed by atoms with E-state index in [0.717, 1.165) is 0 Å². The van der Waals surface area contributed by atoms with E-state index in [4.69, 9.17) is 24.8 Å². The third-order valence-corrected chi connectivity index (χ3v) is 7.13. The molecular weight excluding hydrogens is 671 g/mol. The Balaban J connectivity index is 6.75. The number of hydrogen-bond acceptors (Lipinski definition) is 16. The highest BCUT2D eigenvalue weighted by Gasteiger charge is 2.32. The molecule has 51 heavy (non-hydrogen) atoms. The molecule has 0 aromatic rings. The number of hydrogen-bond donors (Lipinski definition) is 16. The zero-order valence-electron chi connectivity index (χ0n) is 36.3. The van der Waals surface area contributed by atoms with Crippen molar-refractivity contribution in [3.05, 3.63) is 0 Å². The molecule has 8 unspecified atom stereocenters. The molecule has 0 saturated heterocycles. The van der Waals surface area contributed by atoms with Gasteiger partial charge in [-0.05, 0) is 19.8 Å². The lowest BCUT2D eigenvalue weighted by Gasteiger charge is -2.28. The fourth-order valence-electron chi connectivity index (χ4n) is 3.79. The average molecular weight is 737 g/mol. The Morgan fingerprint density at radius 1 is 0.627 bits per heavy atom. The van der Waals surface area contributed by atoms with Gasteiger partial charge >= 0.3 is 0 Å². The minimum absolute atomic E-state index is 0.0385. The second-order valence-corrected chi connectivity index (χ2v) is 11.2. The average Bonchev–Trinajstić information content (AvgIpc) is 3.21. The van der Waals surface area contributed by atoms with E-state index in [9.17, 15) is 33.6 Å². The van der Waals surface area contributed by atoms with Crippen molar-refractivity contribution in [1.82, 2.24) is 42.5 Å². The van der Waals surface area contributed by atoms with Gasteiger partial charge in [-0.3, -0.25) is 33.6 Å². The maximum Gasteiger partial charge on any atom is 0.245 e. The summed E-state index contributed by atoms with van der Waals surface area (Å²) < 4.78 is 58.7. The first-order valence-electron chi connectivity index (χ1n) is 20.0. The monoisotopic (exact) mass is 737 g/mol. The lowest BCUT2D eigenvalue weighted by Crippen LogP contribution is -2.64. The van der Waals surface area contributed by atoms with E-state index in [1.54, 1.807) is 6.92 Å². The predicted octanol–water partition coefficient (Wildman–Crippen LogP) is -11.1. The third kappa shape index (κ3) is 17.7. The summed E-state index contributed by atoms with van der Waals surface area (Å²) in [5, 5.41) is 19.7. The van der Waals surface area contributed by atoms with Gasteiger partial charge in [0.25, 0.3) is 0 Å². The summed E-state index contributed by atoms with van der Waals surface area (Å²) in [5.74, 6) is -7.01. The van der Waals surface area contributed by atoms with Crippen molar-refractivity contribution in [2.75, 3.05) is 52.3 Å². The van der Waals surface area contributed by atoms with Crippen molar-refractivity contribution in [2.24, 2.45) is 45.8 Å². The minimum Gasteiger partial charge on any atom is -0.368 e. The van der Waals surface area contributed by atoms with Crippen LogP contribution in [0.25, 0.3) is 0 Å². The van der Waals surface area contributed by atoms with Gasteiger partial charge in [0.1, 0.15) is 34.1 Å². The van der Waals surface area contributed by atoms with Gasteiger partial charge in [0.2, 0.25) is 41.4 Å². The molecule has 24 N–H and O–H groups in total. The molecule has 0 aliphatic heterocycles. The van der Waals surface area contributed by atoms with Crippen LogP contribution in [0.3, 0.4) is 0 Å². The largest absolute Gasteiger partial charge is 0.368 e. The topological polar surface area (TPSA) is 424 Å². The highest BCUT2D eigenvalue weighted by molar-refractivity contribution is 6.08. The summed E-state index contributed by atoms with van der Waals surface area (Å²) in [6, 6.07) is -11.5. The van der Waals surface area contributed by atoms with Gasteiger partial charge in [-0.2, -0.15) is 0 Å². The molecule has 0 rings (SSSR count). The first-order valence-corrected chi connectivity index (χ1v) is 15.7. The molecule has 9 atom stereocenters. The fraction of sp³-hybridized carbons (Fsp3) is 0.741. The van der Waals surface area contributed by atoms with Crippen LogP contribution >= 0.6 is 0 Å². The zero-order valence-corrected chi connectivity index (χ0v) is 28.3. The molecule has 2 radical (unpaired) electrons. The Hall–Kier alpha value is -4.01. The van der Waals surface area contributed by atoms with Crippen molar-refractivity contribution >= 4 is 49.2 Å². The first-order chi connectivity index (χ1) is 28.1. The molecule has 7 amide bonds. The first kappa shape index (κ1) is 34.1. The lowest BCUT2D eigenvalue weighted by molar-refractivity contribution is -0.134. The zero-order chi connectivity index (χ0) is 44.9. The number of amides is 7. The normalized spacial score (nSPS) is 18.5. The number of carbonyl (C=O) groups is 7. The Kier molecular flexibility index (Phi) is 16.7. The molecular formula is C27H57BN16O7. The van der Waals surface area contributed by atoms with Gasteiger partial charge < -0.3 is 88.4 Å². The molecule has 0 heterocycles. The van der Waals surface area contributed by atoms with Crippen LogP contribution in [0.1, 0.15) is 21.6 Å². The predicted molar refractivity (Wildman–Crippen MR) is 188 cm³/mol. The molecule has 0 aliphatic carbocycles. The molecule has 0 spiro atoms. The van der Waals surface area contributed by atoms with Gasteiger partial charge in [-0.1, -0.05) is 6.90 Å². The molecule has 0 fully saturated rings. The standard InChI is InChI=1S/C27H57BN16O7/c1-3-13(32)12(2)38-8-19(43-24(48)16(35)6-31)27(51)44-20(26(50)41-17(21(36)45)7-37-11-28)10-40-25(49)18(42-23(47)15(34)5-30)9-39-22(46)14(33)4-29/h12-20,37-38H,3-11,29-35H2,1-2H3,(H2,36,45)(H,39,46)(H,40,49)(H,41,50)(H,42,47)(H,43,48)(H,44,51)/t12?,13?,14?,15?,16?,17-,18?,19?,20?/m1/s1/i1D/hD7. The molecule has 0 bridgehead atoms. The third-order valence-electron chi connectivity index (χ3n) is 7.13. The van der Waals surface area contributed by atoms with Gasteiger partial charge in [-0.15, -0.1) is 0 Å². The van der Waals surface area contributed by atoms with Crippen LogP contribution in [-0.2, 0) is 33.6 Å². The maximum absolute atomic E-state index is 13.9. The van der Waals surface area contributed by atoms with Crippen LogP contribution in [0.2, 0.25) is 9.88 Å². The van der Waals surface area contributed by atoms with Crippen LogP contribution in [0, 0.1) is 0 Å². The van der Waals surface area contributed by atoms with Gasteiger partial charge in [0.05, 0.1) is 26.0 Å². The van der Waals surface area contributed by atoms with Crippen LogP contribution in [0.15, 0.2) is 0 Å². The van der Waals surface area contributed by atoms with E-state index in [-0.39, 0.29) is 45.9 Å². The molecule has 0 saturated carbocycles. The molecule has 23 nitrogen and oxygen atoms in total. The summed E-state index contributed by atoms with van der Waals surface area (Å²) in [6.45, 7) is -1.50. The van der Waals surface area contributed by atoms with Gasteiger partial charge in [0, 0.05) is 59.3 Å². The summed E-state index contributed by atoms with van der Waals surface area (Å²) >= 11 is 0. The van der Waals surface area contributed by atoms with E-state index in [1.807, 2.05) is 34.4 Å². The highest BCUT2D eigenvalue weighted by atomic mass is 16.2. The second kappa shape index (κ2) is 25.0. The highest BCUT2D eigenvalue weighted by Crippen LogP contribution is 1.98. The molecule has 290 valence electrons. The van der Waals surface area contributed by atoms with E-state index in [0.29, 0.717) is 0 Å². The van der Waals surface area contributed by atoms with E-state index in [1.165, 1.54) is 0 Å². The summed E-state index contributed by atoms with van der Waals surface area (Å²) in [5.41, 5.74) is 19.4. The number of nitrogens with one attached hydrogen (secondary N) is 8. The van der Waals surface area contributed by atoms with Crippen molar-refractivity contribution in [2.45, 2.75) is 74.6 Å². The number of rotatable bonds is 33. The van der Waals surface area contributed by atoms with Crippen molar-refractivity contribution in [1.29, 1.82) is 0 Å². The molecule has 0 aliphatic rings. The summed E-state index contributed by atoms with van der Waals surface area (Å²) in [4.78, 5) is 91.9. The lowest BCUT2D eigenvalue weighted by atomic mass is 10.1. The maximum atomic E-state index is 13.9. The molecule has 0 aromatic heterocycles.